The van der Waals surface area contributed by atoms with Gasteiger partial charge in [-0.3, -0.25) is 10.2 Å². The minimum absolute atomic E-state index is 0.181. The third-order valence-corrected chi connectivity index (χ3v) is 0.821. The van der Waals surface area contributed by atoms with Crippen molar-refractivity contribution in [2.24, 2.45) is 15.7 Å². The van der Waals surface area contributed by atoms with Gasteiger partial charge in [-0.1, -0.05) is 0 Å². The van der Waals surface area contributed by atoms with Crippen LogP contribution < -0.4 is 5.73 Å². The van der Waals surface area contributed by atoms with E-state index >= 15 is 0 Å². The van der Waals surface area contributed by atoms with Gasteiger partial charge >= 0.3 is 0 Å². The molecule has 0 radical (unpaired) electrons. The van der Waals surface area contributed by atoms with Gasteiger partial charge in [-0.2, -0.15) is 4.99 Å². The van der Waals surface area contributed by atoms with Gasteiger partial charge in [0.25, 0.3) is 0 Å². The number of rotatable bonds is 1. The highest BCUT2D eigenvalue weighted by atomic mass is 35.5. The number of carbonyl (C=O) groups excluding carboxylic acids is 1. The van der Waals surface area contributed by atoms with Gasteiger partial charge in [0.2, 0.25) is 11.3 Å². The monoisotopic (exact) mass is 174 g/mol. The van der Waals surface area contributed by atoms with E-state index in [1.54, 1.807) is 0 Å². The number of guanidine groups is 1. The van der Waals surface area contributed by atoms with Crippen LogP contribution in [0.4, 0.5) is 0 Å². The van der Waals surface area contributed by atoms with Gasteiger partial charge in [-0.25, -0.2) is 4.99 Å². The number of carbonyl (C=O) groups is 1. The highest BCUT2D eigenvalue weighted by Crippen LogP contribution is 1.88. The maximum Gasteiger partial charge on any atom is 0.225 e. The van der Waals surface area contributed by atoms with E-state index in [1.807, 2.05) is 0 Å². The Bertz CT molecular complexity index is 233. The van der Waals surface area contributed by atoms with Crippen LogP contribution in [0.3, 0.4) is 0 Å². The van der Waals surface area contributed by atoms with Gasteiger partial charge in [0.1, 0.15) is 0 Å². The molecule has 6 heteroatoms. The van der Waals surface area contributed by atoms with Crippen LogP contribution in [0.2, 0.25) is 0 Å². The summed E-state index contributed by atoms with van der Waals surface area (Å²) in [4.78, 5) is 16.7. The van der Waals surface area contributed by atoms with Gasteiger partial charge < -0.3 is 5.73 Å². The van der Waals surface area contributed by atoms with Crippen molar-refractivity contribution >= 4 is 34.9 Å². The van der Waals surface area contributed by atoms with Crippen LogP contribution in [0.5, 0.6) is 0 Å². The van der Waals surface area contributed by atoms with E-state index in [2.05, 4.69) is 9.98 Å². The molecule has 0 bridgehead atoms. The standard InChI is InChI=1S/C5H7ClN4O/c1-3(2-11)9-4(6)10-5(7)8/h2H,1H3,(H3,7,8). The average Bonchev–Trinajstić information content (AvgIpc) is 1.85. The summed E-state index contributed by atoms with van der Waals surface area (Å²) in [7, 11) is 0. The zero-order valence-corrected chi connectivity index (χ0v) is 6.59. The summed E-state index contributed by atoms with van der Waals surface area (Å²) in [5.74, 6) is -0.447. The van der Waals surface area contributed by atoms with E-state index in [0.717, 1.165) is 0 Å². The fraction of sp³-hybridized carbons (Fsp3) is 0.200. The molecule has 5 nitrogen and oxygen atoms in total. The average molecular weight is 175 g/mol. The summed E-state index contributed by atoms with van der Waals surface area (Å²) >= 11 is 5.33. The molecule has 0 rings (SSSR count). The highest BCUT2D eigenvalue weighted by Gasteiger charge is 1.92. The molecule has 0 aromatic heterocycles. The van der Waals surface area contributed by atoms with Crippen molar-refractivity contribution in [3.05, 3.63) is 0 Å². The molecule has 0 aliphatic rings. The van der Waals surface area contributed by atoms with Crippen LogP contribution in [0.1, 0.15) is 6.92 Å². The van der Waals surface area contributed by atoms with Crippen LogP contribution in [0, 0.1) is 5.41 Å². The first-order valence-electron chi connectivity index (χ1n) is 2.65. The lowest BCUT2D eigenvalue weighted by atomic mass is 10.5. The fourth-order valence-corrected chi connectivity index (χ4v) is 0.521. The van der Waals surface area contributed by atoms with Crippen LogP contribution in [0.25, 0.3) is 0 Å². The van der Waals surface area contributed by atoms with E-state index < -0.39 is 5.96 Å². The molecule has 0 amide bonds. The number of hydrogen-bond donors (Lipinski definition) is 2. The molecule has 0 saturated heterocycles. The Kier molecular flexibility index (Phi) is 4.05. The van der Waals surface area contributed by atoms with E-state index in [4.69, 9.17) is 22.7 Å². The van der Waals surface area contributed by atoms with Gasteiger partial charge in [0.05, 0.1) is 5.71 Å². The molecule has 0 aromatic carbocycles. The Morgan fingerprint density at radius 1 is 1.64 bits per heavy atom. The number of hydrogen-bond acceptors (Lipinski definition) is 2. The van der Waals surface area contributed by atoms with Gasteiger partial charge in [0.15, 0.2) is 6.29 Å². The molecule has 0 atom stereocenters. The SMILES string of the molecule is CC(C=O)=NC(Cl)=NC(=N)N. The van der Waals surface area contributed by atoms with E-state index in [9.17, 15) is 4.79 Å². The Labute approximate surface area is 68.5 Å². The van der Waals surface area contributed by atoms with Crippen molar-refractivity contribution in [3.8, 4) is 0 Å². The van der Waals surface area contributed by atoms with E-state index in [1.165, 1.54) is 6.92 Å². The van der Waals surface area contributed by atoms with Gasteiger partial charge in [-0.15, -0.1) is 0 Å². The highest BCUT2D eigenvalue weighted by molar-refractivity contribution is 6.66. The quantitative estimate of drug-likeness (QED) is 0.256. The molecule has 3 N–H and O–H groups in total. The minimum Gasteiger partial charge on any atom is -0.368 e. The second-order valence-electron chi connectivity index (χ2n) is 1.64. The number of nitrogens with two attached hydrogens (primary N) is 1. The maximum absolute atomic E-state index is 10.00. The largest absolute Gasteiger partial charge is 0.368 e. The summed E-state index contributed by atoms with van der Waals surface area (Å²) < 4.78 is 0. The fourth-order valence-electron chi connectivity index (χ4n) is 0.296. The Morgan fingerprint density at radius 3 is 2.55 bits per heavy atom. The lowest BCUT2D eigenvalue weighted by Crippen LogP contribution is -2.07. The predicted octanol–water partition coefficient (Wildman–Crippen LogP) is 0.134. The maximum atomic E-state index is 10.00. The summed E-state index contributed by atoms with van der Waals surface area (Å²) in [6, 6.07) is 0. The molecular formula is C5H7ClN4O. The topological polar surface area (TPSA) is 91.7 Å². The Hall–Kier alpha value is -1.23. The molecule has 11 heavy (non-hydrogen) atoms. The van der Waals surface area contributed by atoms with E-state index in [0.29, 0.717) is 6.29 Å². The first-order valence-corrected chi connectivity index (χ1v) is 3.02. The summed E-state index contributed by atoms with van der Waals surface area (Å²) in [6.07, 6.45) is 0.526. The molecule has 0 saturated carbocycles. The predicted molar refractivity (Wildman–Crippen MR) is 44.4 cm³/mol. The van der Waals surface area contributed by atoms with Crippen molar-refractivity contribution in [1.29, 1.82) is 5.41 Å². The molecule has 60 valence electrons. The second-order valence-corrected chi connectivity index (χ2v) is 1.98. The van der Waals surface area contributed by atoms with Crippen LogP contribution in [-0.4, -0.2) is 23.3 Å². The second kappa shape index (κ2) is 4.56. The molecule has 0 spiro atoms. The Balaban J connectivity index is 4.38. The number of halogens is 1. The molecule has 0 aliphatic carbocycles. The summed E-state index contributed by atoms with van der Waals surface area (Å²) in [5, 5.41) is 6.45. The number of aldehydes is 1. The molecule has 0 heterocycles. The van der Waals surface area contributed by atoms with Crippen molar-refractivity contribution in [3.63, 3.8) is 0 Å². The molecule has 0 aromatic rings. The number of nitrogens with one attached hydrogen (secondary N) is 1. The minimum atomic E-state index is -0.447. The molecule has 0 unspecified atom stereocenters. The van der Waals surface area contributed by atoms with Crippen molar-refractivity contribution < 1.29 is 4.79 Å². The van der Waals surface area contributed by atoms with Crippen LogP contribution in [0.15, 0.2) is 9.98 Å². The lowest BCUT2D eigenvalue weighted by Gasteiger charge is -1.88. The first-order chi connectivity index (χ1) is 5.06. The number of nitrogens with zero attached hydrogens (tertiary/aromatic N) is 2. The number of amidine groups is 1. The van der Waals surface area contributed by atoms with Crippen molar-refractivity contribution in [2.45, 2.75) is 6.92 Å². The third kappa shape index (κ3) is 5.23. The first kappa shape index (κ1) is 9.77. The van der Waals surface area contributed by atoms with E-state index in [-0.39, 0.29) is 11.0 Å². The summed E-state index contributed by atoms with van der Waals surface area (Å²) in [5.41, 5.74) is 5.04. The van der Waals surface area contributed by atoms with Crippen molar-refractivity contribution in [1.82, 2.24) is 0 Å². The third-order valence-electron chi connectivity index (χ3n) is 0.652. The summed E-state index contributed by atoms with van der Waals surface area (Å²) in [6.45, 7) is 1.46. The molecule has 0 fully saturated rings. The van der Waals surface area contributed by atoms with Crippen LogP contribution >= 0.6 is 11.6 Å². The lowest BCUT2D eigenvalue weighted by molar-refractivity contribution is -0.102. The Morgan fingerprint density at radius 2 is 2.18 bits per heavy atom. The molecular weight excluding hydrogens is 168 g/mol. The van der Waals surface area contributed by atoms with Gasteiger partial charge in [-0.05, 0) is 18.5 Å². The normalized spacial score (nSPS) is 12.9. The van der Waals surface area contributed by atoms with Crippen molar-refractivity contribution in [2.75, 3.05) is 0 Å². The van der Waals surface area contributed by atoms with Gasteiger partial charge in [0, 0.05) is 0 Å². The molecule has 0 aliphatic heterocycles. The van der Waals surface area contributed by atoms with Crippen LogP contribution in [-0.2, 0) is 4.79 Å². The zero-order chi connectivity index (χ0) is 8.85. The zero-order valence-electron chi connectivity index (χ0n) is 5.84. The smallest absolute Gasteiger partial charge is 0.225 e. The number of aliphatic imine (C=N–C) groups is 2.